The molecular formula is C10H11BrN4. The van der Waals surface area contributed by atoms with E-state index in [0.29, 0.717) is 0 Å². The second kappa shape index (κ2) is 4.55. The molecule has 2 aromatic heterocycles. The van der Waals surface area contributed by atoms with Crippen molar-refractivity contribution in [1.82, 2.24) is 20.3 Å². The van der Waals surface area contributed by atoms with Gasteiger partial charge in [-0.3, -0.25) is 4.98 Å². The molecule has 0 spiro atoms. The molecule has 2 rings (SSSR count). The summed E-state index contributed by atoms with van der Waals surface area (Å²) in [5.41, 5.74) is 2.08. The molecule has 0 radical (unpaired) electrons. The van der Waals surface area contributed by atoms with E-state index in [4.69, 9.17) is 0 Å². The number of nitrogens with zero attached hydrogens (tertiary/aromatic N) is 2. The number of H-pyrrole nitrogens is 1. The molecule has 78 valence electrons. The summed E-state index contributed by atoms with van der Waals surface area (Å²) < 4.78 is 0.851. The highest BCUT2D eigenvalue weighted by Crippen LogP contribution is 2.20. The smallest absolute Gasteiger partial charge is 0.139 e. The number of aromatic amines is 1. The monoisotopic (exact) mass is 266 g/mol. The fraction of sp³-hybridized carbons (Fsp3) is 0.200. The zero-order valence-electron chi connectivity index (χ0n) is 8.29. The van der Waals surface area contributed by atoms with Gasteiger partial charge in [0.1, 0.15) is 10.4 Å². The van der Waals surface area contributed by atoms with Gasteiger partial charge >= 0.3 is 0 Å². The van der Waals surface area contributed by atoms with E-state index in [-0.39, 0.29) is 0 Å². The standard InChI is InChI=1S/C10H11BrN4/c1-12-6-8-9(11)15-10(14-8)7-2-4-13-5-3-7/h2-5,12H,6H2,1H3,(H,14,15). The highest BCUT2D eigenvalue weighted by Gasteiger charge is 2.07. The third-order valence-electron chi connectivity index (χ3n) is 2.04. The molecule has 15 heavy (non-hydrogen) atoms. The molecule has 4 nitrogen and oxygen atoms in total. The minimum atomic E-state index is 0.763. The molecule has 0 atom stereocenters. The molecular weight excluding hydrogens is 256 g/mol. The highest BCUT2D eigenvalue weighted by atomic mass is 79.9. The second-order valence-corrected chi connectivity index (χ2v) is 3.87. The van der Waals surface area contributed by atoms with E-state index in [2.05, 4.69) is 36.2 Å². The minimum absolute atomic E-state index is 0.763. The summed E-state index contributed by atoms with van der Waals surface area (Å²) >= 11 is 3.42. The van der Waals surface area contributed by atoms with Gasteiger partial charge in [-0.25, -0.2) is 4.98 Å². The van der Waals surface area contributed by atoms with Crippen LogP contribution in [-0.4, -0.2) is 22.0 Å². The first kappa shape index (κ1) is 10.3. The first-order valence-electron chi connectivity index (χ1n) is 4.60. The van der Waals surface area contributed by atoms with Gasteiger partial charge in [-0.15, -0.1) is 0 Å². The van der Waals surface area contributed by atoms with Crippen molar-refractivity contribution in [3.05, 3.63) is 34.8 Å². The van der Waals surface area contributed by atoms with Crippen molar-refractivity contribution in [2.24, 2.45) is 0 Å². The Morgan fingerprint density at radius 1 is 1.40 bits per heavy atom. The van der Waals surface area contributed by atoms with Gasteiger partial charge in [-0.2, -0.15) is 0 Å². The van der Waals surface area contributed by atoms with Crippen LogP contribution in [0.5, 0.6) is 0 Å². The van der Waals surface area contributed by atoms with E-state index in [1.54, 1.807) is 12.4 Å². The number of imidazole rings is 1. The zero-order chi connectivity index (χ0) is 10.7. The van der Waals surface area contributed by atoms with Crippen molar-refractivity contribution in [3.63, 3.8) is 0 Å². The van der Waals surface area contributed by atoms with Crippen LogP contribution in [0.3, 0.4) is 0 Å². The van der Waals surface area contributed by atoms with Crippen molar-refractivity contribution in [2.75, 3.05) is 7.05 Å². The Hall–Kier alpha value is -1.20. The van der Waals surface area contributed by atoms with Crippen LogP contribution in [0.2, 0.25) is 0 Å². The molecule has 5 heteroatoms. The van der Waals surface area contributed by atoms with Gasteiger partial charge in [0, 0.05) is 24.5 Å². The van der Waals surface area contributed by atoms with E-state index in [0.717, 1.165) is 28.2 Å². The summed E-state index contributed by atoms with van der Waals surface area (Å²) in [6.07, 6.45) is 3.51. The van der Waals surface area contributed by atoms with E-state index in [9.17, 15) is 0 Å². The maximum Gasteiger partial charge on any atom is 0.139 e. The fourth-order valence-electron chi connectivity index (χ4n) is 1.33. The van der Waals surface area contributed by atoms with Crippen molar-refractivity contribution in [1.29, 1.82) is 0 Å². The van der Waals surface area contributed by atoms with Crippen LogP contribution in [0.4, 0.5) is 0 Å². The van der Waals surface area contributed by atoms with E-state index >= 15 is 0 Å². The average molecular weight is 267 g/mol. The number of nitrogens with one attached hydrogen (secondary N) is 2. The maximum atomic E-state index is 4.39. The number of hydrogen-bond donors (Lipinski definition) is 2. The van der Waals surface area contributed by atoms with Gasteiger partial charge in [0.2, 0.25) is 0 Å². The summed E-state index contributed by atoms with van der Waals surface area (Å²) in [6.45, 7) is 0.763. The number of aromatic nitrogens is 3. The SMILES string of the molecule is CNCc1[nH]c(-c2ccncc2)nc1Br. The van der Waals surface area contributed by atoms with Crippen molar-refractivity contribution in [2.45, 2.75) is 6.54 Å². The summed E-state index contributed by atoms with van der Waals surface area (Å²) in [4.78, 5) is 11.6. The van der Waals surface area contributed by atoms with Crippen LogP contribution in [0, 0.1) is 0 Å². The predicted molar refractivity (Wildman–Crippen MR) is 62.3 cm³/mol. The molecule has 0 saturated carbocycles. The Morgan fingerprint density at radius 2 is 2.13 bits per heavy atom. The van der Waals surface area contributed by atoms with Crippen LogP contribution >= 0.6 is 15.9 Å². The van der Waals surface area contributed by atoms with Crippen molar-refractivity contribution >= 4 is 15.9 Å². The largest absolute Gasteiger partial charge is 0.340 e. The molecule has 0 unspecified atom stereocenters. The van der Waals surface area contributed by atoms with Crippen LogP contribution in [0.15, 0.2) is 29.1 Å². The van der Waals surface area contributed by atoms with Crippen LogP contribution < -0.4 is 5.32 Å². The molecule has 2 aromatic rings. The quantitative estimate of drug-likeness (QED) is 0.893. The Bertz CT molecular complexity index is 438. The molecule has 0 aliphatic carbocycles. The topological polar surface area (TPSA) is 53.6 Å². The normalized spacial score (nSPS) is 10.5. The lowest BCUT2D eigenvalue weighted by atomic mass is 10.2. The van der Waals surface area contributed by atoms with Gasteiger partial charge in [-0.05, 0) is 35.1 Å². The Labute approximate surface area is 96.3 Å². The summed E-state index contributed by atoms with van der Waals surface area (Å²) in [7, 11) is 1.90. The van der Waals surface area contributed by atoms with Gasteiger partial charge in [0.05, 0.1) is 5.69 Å². The van der Waals surface area contributed by atoms with Crippen LogP contribution in [0.25, 0.3) is 11.4 Å². The Balaban J connectivity index is 2.34. The summed E-state index contributed by atoms with van der Waals surface area (Å²) in [5.74, 6) is 0.856. The number of rotatable bonds is 3. The van der Waals surface area contributed by atoms with Crippen molar-refractivity contribution < 1.29 is 0 Å². The fourth-order valence-corrected chi connectivity index (χ4v) is 1.75. The second-order valence-electron chi connectivity index (χ2n) is 3.12. The molecule has 0 aliphatic rings. The lowest BCUT2D eigenvalue weighted by Gasteiger charge is -1.95. The van der Waals surface area contributed by atoms with Crippen molar-refractivity contribution in [3.8, 4) is 11.4 Å². The molecule has 2 N–H and O–H groups in total. The number of halogens is 1. The molecule has 2 heterocycles. The predicted octanol–water partition coefficient (Wildman–Crippen LogP) is 1.95. The molecule has 0 bridgehead atoms. The molecule has 0 aliphatic heterocycles. The first-order valence-corrected chi connectivity index (χ1v) is 5.40. The van der Waals surface area contributed by atoms with Gasteiger partial charge in [-0.1, -0.05) is 0 Å². The maximum absolute atomic E-state index is 4.39. The van der Waals surface area contributed by atoms with E-state index in [1.165, 1.54) is 0 Å². The van der Waals surface area contributed by atoms with Gasteiger partial charge < -0.3 is 10.3 Å². The van der Waals surface area contributed by atoms with Crippen LogP contribution in [-0.2, 0) is 6.54 Å². The first-order chi connectivity index (χ1) is 7.31. The Morgan fingerprint density at radius 3 is 2.80 bits per heavy atom. The van der Waals surface area contributed by atoms with E-state index < -0.39 is 0 Å². The molecule has 0 aromatic carbocycles. The third-order valence-corrected chi connectivity index (χ3v) is 2.69. The molecule has 0 amide bonds. The third kappa shape index (κ3) is 2.24. The minimum Gasteiger partial charge on any atom is -0.340 e. The molecule has 0 fully saturated rings. The summed E-state index contributed by atoms with van der Waals surface area (Å²) in [5, 5.41) is 3.08. The summed E-state index contributed by atoms with van der Waals surface area (Å²) in [6, 6.07) is 3.85. The average Bonchev–Trinajstić information content (AvgIpc) is 2.63. The van der Waals surface area contributed by atoms with E-state index in [1.807, 2.05) is 19.2 Å². The lowest BCUT2D eigenvalue weighted by Crippen LogP contribution is -2.05. The number of hydrogen-bond acceptors (Lipinski definition) is 3. The van der Waals surface area contributed by atoms with Gasteiger partial charge in [0.25, 0.3) is 0 Å². The number of pyridine rings is 1. The van der Waals surface area contributed by atoms with Gasteiger partial charge in [0.15, 0.2) is 0 Å². The lowest BCUT2D eigenvalue weighted by molar-refractivity contribution is 0.793. The zero-order valence-corrected chi connectivity index (χ0v) is 9.87. The highest BCUT2D eigenvalue weighted by molar-refractivity contribution is 9.10. The van der Waals surface area contributed by atoms with Crippen LogP contribution in [0.1, 0.15) is 5.69 Å². The Kier molecular flexibility index (Phi) is 3.13. The molecule has 0 saturated heterocycles.